The minimum absolute atomic E-state index is 0.0915. The highest BCUT2D eigenvalue weighted by Crippen LogP contribution is 2.41. The number of sulfonamides is 1. The molecule has 0 saturated carbocycles. The van der Waals surface area contributed by atoms with Crippen molar-refractivity contribution in [3.8, 4) is 16.2 Å². The SMILES string of the molecule is CN1CC[C@@H](Oc2cc(NS(=O)(=O)c3cc(Cl)c(-c4cccc(F)c4)s3)ccc2C(F)(F)F)C1. The van der Waals surface area contributed by atoms with Gasteiger partial charge in [-0.2, -0.15) is 13.2 Å². The van der Waals surface area contributed by atoms with Gasteiger partial charge in [0.25, 0.3) is 10.0 Å². The van der Waals surface area contributed by atoms with E-state index in [1.165, 1.54) is 24.3 Å². The van der Waals surface area contributed by atoms with Crippen LogP contribution in [0.15, 0.2) is 52.7 Å². The first-order chi connectivity index (χ1) is 15.9. The number of nitrogens with zero attached hydrogens (tertiary/aromatic N) is 1. The van der Waals surface area contributed by atoms with Crippen LogP contribution in [0.4, 0.5) is 23.2 Å². The van der Waals surface area contributed by atoms with E-state index in [-0.39, 0.29) is 14.9 Å². The summed E-state index contributed by atoms with van der Waals surface area (Å²) in [5.74, 6) is -0.951. The lowest BCUT2D eigenvalue weighted by Crippen LogP contribution is -2.23. The van der Waals surface area contributed by atoms with Crippen LogP contribution in [0.2, 0.25) is 5.02 Å². The Morgan fingerprint density at radius 3 is 2.59 bits per heavy atom. The van der Waals surface area contributed by atoms with E-state index >= 15 is 0 Å². The molecule has 0 spiro atoms. The molecule has 12 heteroatoms. The average Bonchev–Trinajstić information content (AvgIpc) is 3.32. The van der Waals surface area contributed by atoms with E-state index in [1.807, 2.05) is 11.9 Å². The molecule has 4 rings (SSSR count). The number of likely N-dealkylation sites (tertiary alicyclic amines) is 1. The largest absolute Gasteiger partial charge is 0.488 e. The number of likely N-dealkylation sites (N-methyl/N-ethyl adjacent to an activating group) is 1. The third kappa shape index (κ3) is 5.48. The van der Waals surface area contributed by atoms with Gasteiger partial charge in [0.1, 0.15) is 21.9 Å². The molecule has 1 aliphatic rings. The number of halogens is 5. The fourth-order valence-corrected chi connectivity index (χ4v) is 6.47. The van der Waals surface area contributed by atoms with Gasteiger partial charge in [-0.05, 0) is 49.4 Å². The highest BCUT2D eigenvalue weighted by atomic mass is 35.5. The second-order valence-electron chi connectivity index (χ2n) is 7.86. The topological polar surface area (TPSA) is 58.6 Å². The molecule has 1 N–H and O–H groups in total. The highest BCUT2D eigenvalue weighted by Gasteiger charge is 2.36. The standard InChI is InChI=1S/C22H19ClF4N2O3S2/c1-29-8-7-16(12-29)32-19-10-15(5-6-17(19)22(25,26)27)28-34(30,31)20-11-18(23)21(33-20)13-3-2-4-14(24)9-13/h2-6,9-11,16,28H,7-8,12H2,1H3/t16-/m1/s1. The Balaban J connectivity index is 1.63. The molecule has 1 atom stereocenters. The molecule has 1 aromatic heterocycles. The molecule has 0 amide bonds. The Kier molecular flexibility index (Phi) is 6.83. The molecular weight excluding hydrogens is 516 g/mol. The van der Waals surface area contributed by atoms with E-state index in [1.54, 1.807) is 6.07 Å². The second kappa shape index (κ2) is 9.37. The first-order valence-electron chi connectivity index (χ1n) is 10.1. The maximum atomic E-state index is 13.6. The van der Waals surface area contributed by atoms with E-state index in [2.05, 4.69) is 4.72 Å². The summed E-state index contributed by atoms with van der Waals surface area (Å²) >= 11 is 7.01. The van der Waals surface area contributed by atoms with Crippen molar-refractivity contribution < 1.29 is 30.7 Å². The Hall–Kier alpha value is -2.34. The minimum Gasteiger partial charge on any atom is -0.488 e. The predicted molar refractivity (Wildman–Crippen MR) is 124 cm³/mol. The summed E-state index contributed by atoms with van der Waals surface area (Å²) < 4.78 is 87.7. The van der Waals surface area contributed by atoms with Crippen molar-refractivity contribution >= 4 is 38.6 Å². The smallest absolute Gasteiger partial charge is 0.419 e. The van der Waals surface area contributed by atoms with E-state index in [0.717, 1.165) is 29.5 Å². The maximum absolute atomic E-state index is 13.6. The van der Waals surface area contributed by atoms with Gasteiger partial charge >= 0.3 is 6.18 Å². The van der Waals surface area contributed by atoms with Crippen LogP contribution in [0.1, 0.15) is 12.0 Å². The monoisotopic (exact) mass is 534 g/mol. The number of benzene rings is 2. The Morgan fingerprint density at radius 1 is 1.18 bits per heavy atom. The third-order valence-electron chi connectivity index (χ3n) is 5.20. The molecule has 2 heterocycles. The normalized spacial score (nSPS) is 17.2. The molecule has 2 aromatic carbocycles. The molecule has 182 valence electrons. The summed E-state index contributed by atoms with van der Waals surface area (Å²) in [5, 5.41) is 0.109. The van der Waals surface area contributed by atoms with E-state index < -0.39 is 39.4 Å². The first kappa shape index (κ1) is 24.8. The van der Waals surface area contributed by atoms with Gasteiger partial charge in [0, 0.05) is 19.2 Å². The number of hydrogen-bond donors (Lipinski definition) is 1. The molecule has 0 aliphatic carbocycles. The van der Waals surface area contributed by atoms with Gasteiger partial charge in [-0.15, -0.1) is 11.3 Å². The quantitative estimate of drug-likeness (QED) is 0.388. The van der Waals surface area contributed by atoms with Gasteiger partial charge in [0.15, 0.2) is 0 Å². The van der Waals surface area contributed by atoms with Crippen molar-refractivity contribution in [3.05, 3.63) is 64.9 Å². The molecule has 0 unspecified atom stereocenters. The zero-order valence-corrected chi connectivity index (χ0v) is 20.1. The summed E-state index contributed by atoms with van der Waals surface area (Å²) in [6.07, 6.45) is -4.55. The number of rotatable bonds is 6. The van der Waals surface area contributed by atoms with Crippen LogP contribution in [0.5, 0.6) is 5.75 Å². The molecule has 5 nitrogen and oxygen atoms in total. The lowest BCUT2D eigenvalue weighted by atomic mass is 10.1. The fraction of sp³-hybridized carbons (Fsp3) is 0.273. The predicted octanol–water partition coefficient (Wildman–Crippen LogP) is 6.11. The zero-order chi connectivity index (χ0) is 24.7. The lowest BCUT2D eigenvalue weighted by molar-refractivity contribution is -0.139. The van der Waals surface area contributed by atoms with Gasteiger partial charge in [-0.3, -0.25) is 4.72 Å². The van der Waals surface area contributed by atoms with Crippen molar-refractivity contribution in [2.45, 2.75) is 22.9 Å². The second-order valence-corrected chi connectivity index (χ2v) is 11.2. The maximum Gasteiger partial charge on any atom is 0.419 e. The van der Waals surface area contributed by atoms with Crippen LogP contribution in [-0.4, -0.2) is 39.6 Å². The van der Waals surface area contributed by atoms with Gasteiger partial charge < -0.3 is 9.64 Å². The van der Waals surface area contributed by atoms with Crippen LogP contribution >= 0.6 is 22.9 Å². The van der Waals surface area contributed by atoms with Crippen molar-refractivity contribution in [2.75, 3.05) is 24.9 Å². The molecule has 0 radical (unpaired) electrons. The summed E-state index contributed by atoms with van der Waals surface area (Å²) in [7, 11) is -2.35. The summed E-state index contributed by atoms with van der Waals surface area (Å²) in [6.45, 7) is 1.15. The molecule has 34 heavy (non-hydrogen) atoms. The van der Waals surface area contributed by atoms with Crippen molar-refractivity contribution in [1.82, 2.24) is 4.90 Å². The summed E-state index contributed by atoms with van der Waals surface area (Å²) in [6, 6.07) is 9.58. The number of hydrogen-bond acceptors (Lipinski definition) is 5. The van der Waals surface area contributed by atoms with E-state index in [0.29, 0.717) is 30.0 Å². The van der Waals surface area contributed by atoms with E-state index in [4.69, 9.17) is 16.3 Å². The van der Waals surface area contributed by atoms with Crippen molar-refractivity contribution in [2.24, 2.45) is 0 Å². The zero-order valence-electron chi connectivity index (χ0n) is 17.7. The number of alkyl halides is 3. The third-order valence-corrected chi connectivity index (χ3v) is 8.65. The molecule has 1 fully saturated rings. The number of anilines is 1. The van der Waals surface area contributed by atoms with Crippen LogP contribution in [0, 0.1) is 5.82 Å². The molecule has 1 saturated heterocycles. The van der Waals surface area contributed by atoms with Crippen LogP contribution < -0.4 is 9.46 Å². The van der Waals surface area contributed by atoms with Gasteiger partial charge in [-0.1, -0.05) is 23.7 Å². The molecular formula is C22H19ClF4N2O3S2. The first-order valence-corrected chi connectivity index (χ1v) is 12.7. The molecule has 0 bridgehead atoms. The van der Waals surface area contributed by atoms with Crippen LogP contribution in [0.25, 0.3) is 10.4 Å². The summed E-state index contributed by atoms with van der Waals surface area (Å²) in [5.41, 5.74) is -0.674. The minimum atomic E-state index is -4.67. The Bertz CT molecular complexity index is 1310. The Labute approximate surface area is 203 Å². The number of ether oxygens (including phenoxy) is 1. The van der Waals surface area contributed by atoms with Gasteiger partial charge in [-0.25, -0.2) is 12.8 Å². The average molecular weight is 535 g/mol. The molecule has 3 aromatic rings. The Morgan fingerprint density at radius 2 is 1.94 bits per heavy atom. The van der Waals surface area contributed by atoms with Gasteiger partial charge in [0.2, 0.25) is 0 Å². The summed E-state index contributed by atoms with van der Waals surface area (Å²) in [4.78, 5) is 2.28. The number of thiophene rings is 1. The lowest BCUT2D eigenvalue weighted by Gasteiger charge is -2.19. The highest BCUT2D eigenvalue weighted by molar-refractivity contribution is 7.94. The number of nitrogens with one attached hydrogen (secondary N) is 1. The van der Waals surface area contributed by atoms with Crippen molar-refractivity contribution in [1.29, 1.82) is 0 Å². The fourth-order valence-electron chi connectivity index (χ4n) is 3.60. The van der Waals surface area contributed by atoms with Crippen LogP contribution in [0.3, 0.4) is 0 Å². The van der Waals surface area contributed by atoms with Crippen molar-refractivity contribution in [3.63, 3.8) is 0 Å². The molecule has 1 aliphatic heterocycles. The van der Waals surface area contributed by atoms with E-state index in [9.17, 15) is 26.0 Å². The van der Waals surface area contributed by atoms with Crippen LogP contribution in [-0.2, 0) is 16.2 Å². The van der Waals surface area contributed by atoms with Gasteiger partial charge in [0.05, 0.1) is 21.2 Å².